The highest BCUT2D eigenvalue weighted by atomic mass is 16.2. The van der Waals surface area contributed by atoms with Crippen LogP contribution in [-0.4, -0.2) is 66.4 Å². The van der Waals surface area contributed by atoms with E-state index < -0.39 is 0 Å². The SMILES string of the molecule is CCCCCNC(=O)c1ccnc(C(=O)N2CCN(C)CC2)c1. The summed E-state index contributed by atoms with van der Waals surface area (Å²) in [6, 6.07) is 3.24. The molecule has 0 bridgehead atoms. The van der Waals surface area contributed by atoms with Gasteiger partial charge in [-0.15, -0.1) is 0 Å². The van der Waals surface area contributed by atoms with Crippen LogP contribution in [0.2, 0.25) is 0 Å². The maximum atomic E-state index is 12.5. The normalized spacial score (nSPS) is 15.5. The fourth-order valence-corrected chi connectivity index (χ4v) is 2.54. The largest absolute Gasteiger partial charge is 0.352 e. The minimum absolute atomic E-state index is 0.0984. The van der Waals surface area contributed by atoms with E-state index in [4.69, 9.17) is 0 Å². The standard InChI is InChI=1S/C17H26N4O2/c1-3-4-5-7-19-16(22)14-6-8-18-15(13-14)17(23)21-11-9-20(2)10-12-21/h6,8,13H,3-5,7,9-12H2,1-2H3,(H,19,22). The summed E-state index contributed by atoms with van der Waals surface area (Å²) in [5.41, 5.74) is 0.838. The number of likely N-dealkylation sites (N-methyl/N-ethyl adjacent to an activating group) is 1. The lowest BCUT2D eigenvalue weighted by Gasteiger charge is -2.32. The predicted molar refractivity (Wildman–Crippen MR) is 89.5 cm³/mol. The Morgan fingerprint density at radius 3 is 2.65 bits per heavy atom. The highest BCUT2D eigenvalue weighted by molar-refractivity contribution is 5.98. The molecule has 0 radical (unpaired) electrons. The van der Waals surface area contributed by atoms with E-state index in [1.807, 2.05) is 7.05 Å². The molecule has 1 N–H and O–H groups in total. The minimum atomic E-state index is -0.143. The number of pyridine rings is 1. The molecule has 2 heterocycles. The lowest BCUT2D eigenvalue weighted by Crippen LogP contribution is -2.47. The van der Waals surface area contributed by atoms with Crippen molar-refractivity contribution in [2.45, 2.75) is 26.2 Å². The van der Waals surface area contributed by atoms with Gasteiger partial charge in [0.1, 0.15) is 5.69 Å². The van der Waals surface area contributed by atoms with Gasteiger partial charge in [-0.2, -0.15) is 0 Å². The zero-order valence-electron chi connectivity index (χ0n) is 14.0. The van der Waals surface area contributed by atoms with E-state index in [9.17, 15) is 9.59 Å². The number of nitrogens with one attached hydrogen (secondary N) is 1. The summed E-state index contributed by atoms with van der Waals surface area (Å²) >= 11 is 0. The monoisotopic (exact) mass is 318 g/mol. The smallest absolute Gasteiger partial charge is 0.272 e. The summed E-state index contributed by atoms with van der Waals surface area (Å²) in [6.07, 6.45) is 4.73. The van der Waals surface area contributed by atoms with E-state index in [1.165, 1.54) is 6.20 Å². The summed E-state index contributed by atoms with van der Waals surface area (Å²) in [5, 5.41) is 2.89. The first-order valence-electron chi connectivity index (χ1n) is 8.34. The molecule has 1 aromatic rings. The Morgan fingerprint density at radius 1 is 1.22 bits per heavy atom. The molecule has 0 aromatic carbocycles. The van der Waals surface area contributed by atoms with Crippen molar-refractivity contribution in [1.29, 1.82) is 0 Å². The molecule has 2 rings (SSSR count). The highest BCUT2D eigenvalue weighted by Gasteiger charge is 2.22. The minimum Gasteiger partial charge on any atom is -0.352 e. The molecule has 1 aliphatic rings. The molecule has 2 amide bonds. The molecule has 0 saturated carbocycles. The predicted octanol–water partition coefficient (Wildman–Crippen LogP) is 1.39. The number of aromatic nitrogens is 1. The molecule has 1 fully saturated rings. The number of hydrogen-bond donors (Lipinski definition) is 1. The van der Waals surface area contributed by atoms with E-state index >= 15 is 0 Å². The number of unbranched alkanes of at least 4 members (excludes halogenated alkanes) is 2. The molecule has 1 saturated heterocycles. The van der Waals surface area contributed by atoms with Crippen molar-refractivity contribution < 1.29 is 9.59 Å². The Kier molecular flexibility index (Phi) is 6.52. The second kappa shape index (κ2) is 8.62. The third-order valence-electron chi connectivity index (χ3n) is 4.10. The Labute approximate surface area is 137 Å². The van der Waals surface area contributed by atoms with Gasteiger partial charge in [0, 0.05) is 44.5 Å². The van der Waals surface area contributed by atoms with Crippen molar-refractivity contribution in [3.05, 3.63) is 29.6 Å². The maximum Gasteiger partial charge on any atom is 0.272 e. The van der Waals surface area contributed by atoms with Crippen LogP contribution in [0.3, 0.4) is 0 Å². The van der Waals surface area contributed by atoms with Crippen molar-refractivity contribution in [3.8, 4) is 0 Å². The number of hydrogen-bond acceptors (Lipinski definition) is 4. The molecular formula is C17H26N4O2. The van der Waals surface area contributed by atoms with Gasteiger partial charge in [0.25, 0.3) is 11.8 Å². The number of piperazine rings is 1. The number of nitrogens with zero attached hydrogens (tertiary/aromatic N) is 3. The van der Waals surface area contributed by atoms with Crippen LogP contribution < -0.4 is 5.32 Å². The summed E-state index contributed by atoms with van der Waals surface area (Å²) in [4.78, 5) is 32.8. The first kappa shape index (κ1) is 17.4. The van der Waals surface area contributed by atoms with Crippen molar-refractivity contribution in [3.63, 3.8) is 0 Å². The summed E-state index contributed by atoms with van der Waals surface area (Å²) < 4.78 is 0. The molecule has 1 aliphatic heterocycles. The second-order valence-electron chi connectivity index (χ2n) is 5.99. The van der Waals surface area contributed by atoms with Crippen LogP contribution >= 0.6 is 0 Å². The number of carbonyl (C=O) groups excluding carboxylic acids is 2. The number of rotatable bonds is 6. The number of amides is 2. The molecule has 126 valence electrons. The van der Waals surface area contributed by atoms with Crippen LogP contribution in [0.5, 0.6) is 0 Å². The Bertz CT molecular complexity index is 539. The number of carbonyl (C=O) groups is 2. The van der Waals surface area contributed by atoms with Gasteiger partial charge in [0.2, 0.25) is 0 Å². The fourth-order valence-electron chi connectivity index (χ4n) is 2.54. The Hall–Kier alpha value is -1.95. The van der Waals surface area contributed by atoms with Gasteiger partial charge in [-0.3, -0.25) is 14.6 Å². The average Bonchev–Trinajstić information content (AvgIpc) is 2.59. The highest BCUT2D eigenvalue weighted by Crippen LogP contribution is 2.08. The van der Waals surface area contributed by atoms with Gasteiger partial charge in [-0.25, -0.2) is 0 Å². The average molecular weight is 318 g/mol. The van der Waals surface area contributed by atoms with Gasteiger partial charge in [-0.05, 0) is 25.6 Å². The third-order valence-corrected chi connectivity index (χ3v) is 4.10. The van der Waals surface area contributed by atoms with Gasteiger partial charge in [0.05, 0.1) is 0 Å². The van der Waals surface area contributed by atoms with Gasteiger partial charge >= 0.3 is 0 Å². The van der Waals surface area contributed by atoms with Gasteiger partial charge in [0.15, 0.2) is 0 Å². The fraction of sp³-hybridized carbons (Fsp3) is 0.588. The van der Waals surface area contributed by atoms with Crippen molar-refractivity contribution in [1.82, 2.24) is 20.1 Å². The quantitative estimate of drug-likeness (QED) is 0.805. The van der Waals surface area contributed by atoms with Crippen LogP contribution in [0.25, 0.3) is 0 Å². The molecule has 6 heteroatoms. The van der Waals surface area contributed by atoms with E-state index in [1.54, 1.807) is 17.0 Å². The van der Waals surface area contributed by atoms with E-state index in [0.717, 1.165) is 32.4 Å². The van der Waals surface area contributed by atoms with Gasteiger partial charge in [-0.1, -0.05) is 19.8 Å². The van der Waals surface area contributed by atoms with Crippen LogP contribution in [0.1, 0.15) is 47.0 Å². The topological polar surface area (TPSA) is 65.5 Å². The second-order valence-corrected chi connectivity index (χ2v) is 5.99. The Morgan fingerprint density at radius 2 is 1.96 bits per heavy atom. The first-order valence-corrected chi connectivity index (χ1v) is 8.34. The van der Waals surface area contributed by atoms with Crippen molar-refractivity contribution in [2.75, 3.05) is 39.8 Å². The summed E-state index contributed by atoms with van der Waals surface area (Å²) in [6.45, 7) is 5.92. The van der Waals surface area contributed by atoms with Crippen LogP contribution in [0, 0.1) is 0 Å². The maximum absolute atomic E-state index is 12.5. The first-order chi connectivity index (χ1) is 11.1. The molecule has 0 atom stereocenters. The van der Waals surface area contributed by atoms with Crippen LogP contribution in [0.4, 0.5) is 0 Å². The molecule has 0 spiro atoms. The van der Waals surface area contributed by atoms with E-state index in [0.29, 0.717) is 30.9 Å². The van der Waals surface area contributed by atoms with Crippen molar-refractivity contribution >= 4 is 11.8 Å². The molecule has 23 heavy (non-hydrogen) atoms. The van der Waals surface area contributed by atoms with Crippen LogP contribution in [-0.2, 0) is 0 Å². The van der Waals surface area contributed by atoms with E-state index in [-0.39, 0.29) is 11.8 Å². The van der Waals surface area contributed by atoms with Crippen LogP contribution in [0.15, 0.2) is 18.3 Å². The van der Waals surface area contributed by atoms with Gasteiger partial charge < -0.3 is 15.1 Å². The summed E-state index contributed by atoms with van der Waals surface area (Å²) in [7, 11) is 2.05. The van der Waals surface area contributed by atoms with E-state index in [2.05, 4.69) is 22.1 Å². The molecule has 0 aliphatic carbocycles. The van der Waals surface area contributed by atoms with Crippen molar-refractivity contribution in [2.24, 2.45) is 0 Å². The summed E-state index contributed by atoms with van der Waals surface area (Å²) in [5.74, 6) is -0.241. The molecule has 0 unspecified atom stereocenters. The molecule has 1 aromatic heterocycles. The molecular weight excluding hydrogens is 292 g/mol. The molecule has 6 nitrogen and oxygen atoms in total. The zero-order chi connectivity index (χ0) is 16.7. The Balaban J connectivity index is 1.96. The third kappa shape index (κ3) is 5.03. The zero-order valence-corrected chi connectivity index (χ0v) is 14.0. The lowest BCUT2D eigenvalue weighted by atomic mass is 10.2. The lowest BCUT2D eigenvalue weighted by molar-refractivity contribution is 0.0658.